The Kier molecular flexibility index (Phi) is 6.12. The number of cyclic esters (lactones) is 1. The summed E-state index contributed by atoms with van der Waals surface area (Å²) in [4.78, 5) is 27.1. The number of rotatable bonds is 7. The minimum atomic E-state index is -0.723. The molecular weight excluding hydrogens is 431 g/mol. The maximum Gasteiger partial charge on any atom is 0.363 e. The highest BCUT2D eigenvalue weighted by molar-refractivity contribution is 6.13. The molecule has 0 unspecified atom stereocenters. The van der Waals surface area contributed by atoms with Gasteiger partial charge in [0.15, 0.2) is 17.2 Å². The molecule has 0 bridgehead atoms. The van der Waals surface area contributed by atoms with Gasteiger partial charge in [-0.1, -0.05) is 36.4 Å². The van der Waals surface area contributed by atoms with Crippen LogP contribution in [-0.4, -0.2) is 23.9 Å². The molecule has 0 N–H and O–H groups in total. The van der Waals surface area contributed by atoms with Crippen molar-refractivity contribution in [3.8, 4) is 11.5 Å². The highest BCUT2D eigenvalue weighted by Crippen LogP contribution is 2.34. The van der Waals surface area contributed by atoms with Crippen LogP contribution in [0.2, 0.25) is 0 Å². The molecule has 1 aliphatic rings. The monoisotopic (exact) mass is 448 g/mol. The highest BCUT2D eigenvalue weighted by atomic mass is 19.1. The first kappa shape index (κ1) is 21.7. The van der Waals surface area contributed by atoms with Gasteiger partial charge >= 0.3 is 5.97 Å². The third-order valence-electron chi connectivity index (χ3n) is 4.78. The number of nitro benzene ring substituents is 1. The van der Waals surface area contributed by atoms with Crippen LogP contribution >= 0.6 is 0 Å². The summed E-state index contributed by atoms with van der Waals surface area (Å²) in [6.45, 7) is -0.0597. The summed E-state index contributed by atoms with van der Waals surface area (Å²) in [6.07, 6.45) is 1.45. The van der Waals surface area contributed by atoms with Crippen LogP contribution in [-0.2, 0) is 16.1 Å². The fraction of sp³-hybridized carbons (Fsp3) is 0.0833. The first-order valence-corrected chi connectivity index (χ1v) is 9.77. The quantitative estimate of drug-likeness (QED) is 0.225. The molecule has 166 valence electrons. The standard InChI is InChI=1S/C24H17FN2O6/c1-31-21-11-5-7-15(22(21)32-14-17-6-2-3-10-19(17)25)13-20-24(28)33-23(26-20)16-8-4-9-18(12-16)27(29)30/h2-13H,14H2,1H3/b20-13-. The van der Waals surface area contributed by atoms with Crippen LogP contribution in [0.1, 0.15) is 16.7 Å². The molecule has 3 aromatic rings. The lowest BCUT2D eigenvalue weighted by Gasteiger charge is -2.14. The second-order valence-electron chi connectivity index (χ2n) is 6.90. The minimum absolute atomic E-state index is 0.0273. The SMILES string of the molecule is COc1cccc(/C=C2\N=C(c3cccc([N+](=O)[O-])c3)OC2=O)c1OCc1ccccc1F. The van der Waals surface area contributed by atoms with E-state index < -0.39 is 16.7 Å². The fourth-order valence-corrected chi connectivity index (χ4v) is 3.16. The molecule has 0 fully saturated rings. The largest absolute Gasteiger partial charge is 0.493 e. The molecule has 0 amide bonds. The van der Waals surface area contributed by atoms with Gasteiger partial charge in [-0.3, -0.25) is 10.1 Å². The van der Waals surface area contributed by atoms with Gasteiger partial charge in [0.25, 0.3) is 5.69 Å². The van der Waals surface area contributed by atoms with Crippen molar-refractivity contribution in [3.63, 3.8) is 0 Å². The predicted octanol–water partition coefficient (Wildman–Crippen LogP) is 4.67. The molecule has 4 rings (SSSR count). The first-order chi connectivity index (χ1) is 16.0. The molecule has 0 aliphatic carbocycles. The lowest BCUT2D eigenvalue weighted by Crippen LogP contribution is -2.06. The Morgan fingerprint density at radius 3 is 2.67 bits per heavy atom. The van der Waals surface area contributed by atoms with Crippen molar-refractivity contribution < 1.29 is 28.3 Å². The predicted molar refractivity (Wildman–Crippen MR) is 117 cm³/mol. The molecule has 1 heterocycles. The molecule has 1 aliphatic heterocycles. The number of halogens is 1. The van der Waals surface area contributed by atoms with Gasteiger partial charge in [-0.2, -0.15) is 0 Å². The van der Waals surface area contributed by atoms with Gasteiger partial charge in [-0.05, 0) is 24.3 Å². The second kappa shape index (κ2) is 9.31. The Labute approximate surface area is 187 Å². The average Bonchev–Trinajstić information content (AvgIpc) is 3.19. The van der Waals surface area contributed by atoms with Crippen molar-refractivity contribution in [3.05, 3.63) is 105 Å². The topological polar surface area (TPSA) is 100 Å². The summed E-state index contributed by atoms with van der Waals surface area (Å²) in [6, 6.07) is 16.9. The van der Waals surface area contributed by atoms with Crippen LogP contribution in [0, 0.1) is 15.9 Å². The van der Waals surface area contributed by atoms with E-state index in [9.17, 15) is 19.3 Å². The molecular formula is C24H17FN2O6. The zero-order valence-electron chi connectivity index (χ0n) is 17.4. The number of esters is 1. The van der Waals surface area contributed by atoms with Crippen LogP contribution in [0.3, 0.4) is 0 Å². The van der Waals surface area contributed by atoms with Gasteiger partial charge in [0.05, 0.1) is 12.0 Å². The third kappa shape index (κ3) is 4.72. The minimum Gasteiger partial charge on any atom is -0.493 e. The van der Waals surface area contributed by atoms with Gasteiger partial charge < -0.3 is 14.2 Å². The van der Waals surface area contributed by atoms with E-state index in [-0.39, 0.29) is 23.9 Å². The zero-order chi connectivity index (χ0) is 23.4. The van der Waals surface area contributed by atoms with Gasteiger partial charge in [-0.25, -0.2) is 14.2 Å². The van der Waals surface area contributed by atoms with Crippen LogP contribution < -0.4 is 9.47 Å². The number of benzene rings is 3. The number of nitrogens with zero attached hydrogens (tertiary/aromatic N) is 2. The van der Waals surface area contributed by atoms with Gasteiger partial charge in [-0.15, -0.1) is 0 Å². The Morgan fingerprint density at radius 2 is 1.91 bits per heavy atom. The number of hydrogen-bond donors (Lipinski definition) is 0. The van der Waals surface area contributed by atoms with Crippen molar-refractivity contribution >= 4 is 23.6 Å². The van der Waals surface area contributed by atoms with E-state index in [1.54, 1.807) is 42.5 Å². The second-order valence-corrected chi connectivity index (χ2v) is 6.90. The Balaban J connectivity index is 1.67. The van der Waals surface area contributed by atoms with E-state index in [2.05, 4.69) is 4.99 Å². The van der Waals surface area contributed by atoms with E-state index in [1.165, 1.54) is 37.5 Å². The van der Waals surface area contributed by atoms with Gasteiger partial charge in [0, 0.05) is 28.8 Å². The third-order valence-corrected chi connectivity index (χ3v) is 4.78. The summed E-state index contributed by atoms with van der Waals surface area (Å²) in [7, 11) is 1.46. The number of methoxy groups -OCH3 is 1. The smallest absolute Gasteiger partial charge is 0.363 e. The number of aliphatic imine (C=N–C) groups is 1. The van der Waals surface area contributed by atoms with Crippen LogP contribution in [0.25, 0.3) is 6.08 Å². The van der Waals surface area contributed by atoms with Crippen LogP contribution in [0.5, 0.6) is 11.5 Å². The summed E-state index contributed by atoms with van der Waals surface area (Å²) in [5.41, 5.74) is 0.929. The lowest BCUT2D eigenvalue weighted by molar-refractivity contribution is -0.384. The Bertz CT molecular complexity index is 1300. The van der Waals surface area contributed by atoms with E-state index in [4.69, 9.17) is 14.2 Å². The number of para-hydroxylation sites is 1. The molecule has 0 radical (unpaired) electrons. The summed E-state index contributed by atoms with van der Waals surface area (Å²) in [5, 5.41) is 11.0. The molecule has 8 nitrogen and oxygen atoms in total. The molecule has 3 aromatic carbocycles. The lowest BCUT2D eigenvalue weighted by atomic mass is 10.1. The van der Waals surface area contributed by atoms with Crippen molar-refractivity contribution in [2.24, 2.45) is 4.99 Å². The molecule has 0 saturated carbocycles. The van der Waals surface area contributed by atoms with Crippen LogP contribution in [0.4, 0.5) is 10.1 Å². The summed E-state index contributed by atoms with van der Waals surface area (Å²) >= 11 is 0. The molecule has 9 heteroatoms. The number of carbonyl (C=O) groups excluding carboxylic acids is 1. The molecule has 0 spiro atoms. The van der Waals surface area contributed by atoms with Crippen molar-refractivity contribution in [2.45, 2.75) is 6.61 Å². The average molecular weight is 448 g/mol. The molecule has 0 saturated heterocycles. The highest BCUT2D eigenvalue weighted by Gasteiger charge is 2.26. The van der Waals surface area contributed by atoms with Crippen LogP contribution in [0.15, 0.2) is 77.4 Å². The first-order valence-electron chi connectivity index (χ1n) is 9.77. The maximum absolute atomic E-state index is 14.0. The van der Waals surface area contributed by atoms with Gasteiger partial charge in [0.1, 0.15) is 12.4 Å². The maximum atomic E-state index is 14.0. The fourth-order valence-electron chi connectivity index (χ4n) is 3.16. The Hall–Kier alpha value is -4.53. The molecule has 33 heavy (non-hydrogen) atoms. The normalized spacial score (nSPS) is 14.1. The molecule has 0 atom stereocenters. The number of carbonyl (C=O) groups is 1. The number of hydrogen-bond acceptors (Lipinski definition) is 7. The van der Waals surface area contributed by atoms with E-state index in [0.29, 0.717) is 28.2 Å². The van der Waals surface area contributed by atoms with Gasteiger partial charge in [0.2, 0.25) is 5.90 Å². The van der Waals surface area contributed by atoms with E-state index >= 15 is 0 Å². The summed E-state index contributed by atoms with van der Waals surface area (Å²) in [5.74, 6) is -0.499. The zero-order valence-corrected chi connectivity index (χ0v) is 17.4. The van der Waals surface area contributed by atoms with Crippen molar-refractivity contribution in [2.75, 3.05) is 7.11 Å². The Morgan fingerprint density at radius 1 is 1.12 bits per heavy atom. The van der Waals surface area contributed by atoms with Crippen molar-refractivity contribution in [1.82, 2.24) is 0 Å². The van der Waals surface area contributed by atoms with E-state index in [0.717, 1.165) is 0 Å². The number of nitro groups is 1. The number of non-ortho nitro benzene ring substituents is 1. The number of ether oxygens (including phenoxy) is 3. The molecule has 0 aromatic heterocycles. The van der Waals surface area contributed by atoms with E-state index in [1.807, 2.05) is 0 Å². The van der Waals surface area contributed by atoms with Crippen molar-refractivity contribution in [1.29, 1.82) is 0 Å². The summed E-state index contributed by atoms with van der Waals surface area (Å²) < 4.78 is 30.4.